The van der Waals surface area contributed by atoms with E-state index in [2.05, 4.69) is 28.8 Å². The molecule has 0 saturated heterocycles. The first-order valence-corrected chi connectivity index (χ1v) is 9.01. The number of amides is 2. The SMILES string of the molecule is COc1cc(NC(=O)NC(C)c2ccc3c(c2)CCCC3)cc(OC)c1. The summed E-state index contributed by atoms with van der Waals surface area (Å²) in [5.41, 5.74) is 4.61. The fraction of sp³-hybridized carbons (Fsp3) is 0.381. The fourth-order valence-corrected chi connectivity index (χ4v) is 3.35. The Hall–Kier alpha value is -2.69. The number of anilines is 1. The Balaban J connectivity index is 1.66. The van der Waals surface area contributed by atoms with E-state index in [9.17, 15) is 4.79 Å². The second-order valence-electron chi connectivity index (χ2n) is 6.66. The molecule has 0 radical (unpaired) electrons. The molecule has 1 aliphatic rings. The van der Waals surface area contributed by atoms with Gasteiger partial charge in [-0.2, -0.15) is 0 Å². The number of hydrogen-bond acceptors (Lipinski definition) is 3. The summed E-state index contributed by atoms with van der Waals surface area (Å²) in [6.45, 7) is 2.00. The summed E-state index contributed by atoms with van der Waals surface area (Å²) in [4.78, 5) is 12.4. The largest absolute Gasteiger partial charge is 0.497 e. The number of nitrogens with one attached hydrogen (secondary N) is 2. The Morgan fingerprint density at radius 3 is 2.27 bits per heavy atom. The number of hydrogen-bond donors (Lipinski definition) is 2. The number of rotatable bonds is 5. The van der Waals surface area contributed by atoms with Gasteiger partial charge in [-0.05, 0) is 49.3 Å². The monoisotopic (exact) mass is 354 g/mol. The minimum Gasteiger partial charge on any atom is -0.497 e. The molecular formula is C21H26N2O3. The third kappa shape index (κ3) is 4.28. The molecule has 1 aliphatic carbocycles. The molecule has 1 atom stereocenters. The van der Waals surface area contributed by atoms with Gasteiger partial charge in [0.2, 0.25) is 0 Å². The maximum Gasteiger partial charge on any atom is 0.319 e. The van der Waals surface area contributed by atoms with E-state index in [0.717, 1.165) is 18.4 Å². The summed E-state index contributed by atoms with van der Waals surface area (Å²) in [5, 5.41) is 5.84. The van der Waals surface area contributed by atoms with Gasteiger partial charge in [0.05, 0.1) is 20.3 Å². The van der Waals surface area contributed by atoms with Crippen LogP contribution in [0.4, 0.5) is 10.5 Å². The second kappa shape index (κ2) is 8.13. The predicted octanol–water partition coefficient (Wildman–Crippen LogP) is 4.47. The van der Waals surface area contributed by atoms with Crippen molar-refractivity contribution in [2.24, 2.45) is 0 Å². The van der Waals surface area contributed by atoms with Crippen LogP contribution in [0.2, 0.25) is 0 Å². The molecule has 1 unspecified atom stereocenters. The quantitative estimate of drug-likeness (QED) is 0.833. The number of methoxy groups -OCH3 is 2. The van der Waals surface area contributed by atoms with E-state index in [1.807, 2.05) is 6.92 Å². The normalized spacial score (nSPS) is 14.1. The smallest absolute Gasteiger partial charge is 0.319 e. The summed E-state index contributed by atoms with van der Waals surface area (Å²) < 4.78 is 10.5. The first-order chi connectivity index (χ1) is 12.6. The van der Waals surface area contributed by atoms with Gasteiger partial charge in [0.25, 0.3) is 0 Å². The van der Waals surface area contributed by atoms with Crippen molar-refractivity contribution in [2.45, 2.75) is 38.6 Å². The number of fused-ring (bicyclic) bond motifs is 1. The standard InChI is InChI=1S/C21H26N2O3/c1-14(16-9-8-15-6-4-5-7-17(15)10-16)22-21(24)23-18-11-19(25-2)13-20(12-18)26-3/h8-14H,4-7H2,1-3H3,(H2,22,23,24). The minimum atomic E-state index is -0.259. The van der Waals surface area contributed by atoms with Crippen molar-refractivity contribution in [1.29, 1.82) is 0 Å². The third-order valence-electron chi connectivity index (χ3n) is 4.83. The van der Waals surface area contributed by atoms with Crippen LogP contribution in [0, 0.1) is 0 Å². The van der Waals surface area contributed by atoms with Gasteiger partial charge in [-0.1, -0.05) is 18.2 Å². The molecule has 0 spiro atoms. The van der Waals surface area contributed by atoms with Crippen LogP contribution in [0.15, 0.2) is 36.4 Å². The first-order valence-electron chi connectivity index (χ1n) is 9.01. The Morgan fingerprint density at radius 2 is 1.62 bits per heavy atom. The Morgan fingerprint density at radius 1 is 0.962 bits per heavy atom. The van der Waals surface area contributed by atoms with Crippen LogP contribution in [0.5, 0.6) is 11.5 Å². The zero-order chi connectivity index (χ0) is 18.5. The fourth-order valence-electron chi connectivity index (χ4n) is 3.35. The van der Waals surface area contributed by atoms with Crippen LogP contribution < -0.4 is 20.1 Å². The van der Waals surface area contributed by atoms with Gasteiger partial charge in [0, 0.05) is 23.9 Å². The highest BCUT2D eigenvalue weighted by atomic mass is 16.5. The summed E-state index contributed by atoms with van der Waals surface area (Å²) >= 11 is 0. The first kappa shape index (κ1) is 18.1. The third-order valence-corrected chi connectivity index (χ3v) is 4.83. The van der Waals surface area contributed by atoms with E-state index in [1.54, 1.807) is 32.4 Å². The number of aryl methyl sites for hydroxylation is 2. The second-order valence-corrected chi connectivity index (χ2v) is 6.66. The van der Waals surface area contributed by atoms with Crippen molar-refractivity contribution in [3.8, 4) is 11.5 Å². The molecule has 0 saturated carbocycles. The van der Waals surface area contributed by atoms with Crippen LogP contribution in [0.25, 0.3) is 0 Å². The molecule has 0 fully saturated rings. The summed E-state index contributed by atoms with van der Waals surface area (Å²) in [6, 6.07) is 11.5. The number of ether oxygens (including phenoxy) is 2. The molecule has 0 bridgehead atoms. The van der Waals surface area contributed by atoms with E-state index in [1.165, 1.54) is 24.0 Å². The lowest BCUT2D eigenvalue weighted by molar-refractivity contribution is 0.249. The molecule has 2 N–H and O–H groups in total. The Bertz CT molecular complexity index is 767. The van der Waals surface area contributed by atoms with Crippen molar-refractivity contribution < 1.29 is 14.3 Å². The Kier molecular flexibility index (Phi) is 5.66. The highest BCUT2D eigenvalue weighted by Crippen LogP contribution is 2.27. The number of carbonyl (C=O) groups is 1. The molecule has 3 rings (SSSR count). The molecule has 2 aromatic carbocycles. The van der Waals surface area contributed by atoms with Crippen LogP contribution in [0.3, 0.4) is 0 Å². The van der Waals surface area contributed by atoms with Crippen molar-refractivity contribution >= 4 is 11.7 Å². The molecule has 2 aromatic rings. The minimum absolute atomic E-state index is 0.0743. The molecule has 138 valence electrons. The van der Waals surface area contributed by atoms with Crippen LogP contribution in [-0.4, -0.2) is 20.3 Å². The zero-order valence-electron chi connectivity index (χ0n) is 15.6. The number of urea groups is 1. The van der Waals surface area contributed by atoms with Gasteiger partial charge in [-0.15, -0.1) is 0 Å². The lowest BCUT2D eigenvalue weighted by Gasteiger charge is -2.20. The van der Waals surface area contributed by atoms with E-state index in [-0.39, 0.29) is 12.1 Å². The maximum absolute atomic E-state index is 12.4. The highest BCUT2D eigenvalue weighted by molar-refractivity contribution is 5.90. The average molecular weight is 354 g/mol. The van der Waals surface area contributed by atoms with Gasteiger partial charge in [-0.25, -0.2) is 4.79 Å². The van der Waals surface area contributed by atoms with Gasteiger partial charge in [0.1, 0.15) is 11.5 Å². The molecular weight excluding hydrogens is 328 g/mol. The molecule has 26 heavy (non-hydrogen) atoms. The molecule has 2 amide bonds. The summed E-state index contributed by atoms with van der Waals surface area (Å²) in [7, 11) is 3.16. The summed E-state index contributed by atoms with van der Waals surface area (Å²) in [5.74, 6) is 1.25. The van der Waals surface area contributed by atoms with Gasteiger partial charge < -0.3 is 20.1 Å². The van der Waals surface area contributed by atoms with Crippen molar-refractivity contribution in [2.75, 3.05) is 19.5 Å². The molecule has 0 heterocycles. The van der Waals surface area contributed by atoms with Gasteiger partial charge in [0.15, 0.2) is 0 Å². The summed E-state index contributed by atoms with van der Waals surface area (Å²) in [6.07, 6.45) is 4.81. The van der Waals surface area contributed by atoms with Gasteiger partial charge in [-0.3, -0.25) is 0 Å². The van der Waals surface area contributed by atoms with E-state index in [4.69, 9.17) is 9.47 Å². The van der Waals surface area contributed by atoms with E-state index >= 15 is 0 Å². The zero-order valence-corrected chi connectivity index (χ0v) is 15.6. The predicted molar refractivity (Wildman–Crippen MR) is 103 cm³/mol. The van der Waals surface area contributed by atoms with E-state index in [0.29, 0.717) is 17.2 Å². The Labute approximate surface area is 154 Å². The van der Waals surface area contributed by atoms with Crippen LogP contribution in [-0.2, 0) is 12.8 Å². The lowest BCUT2D eigenvalue weighted by Crippen LogP contribution is -2.31. The number of benzene rings is 2. The van der Waals surface area contributed by atoms with Crippen LogP contribution in [0.1, 0.15) is 42.5 Å². The lowest BCUT2D eigenvalue weighted by atomic mass is 9.89. The van der Waals surface area contributed by atoms with Crippen molar-refractivity contribution in [3.05, 3.63) is 53.1 Å². The molecule has 5 heteroatoms. The molecule has 0 aliphatic heterocycles. The number of carbonyl (C=O) groups excluding carboxylic acids is 1. The molecule has 0 aromatic heterocycles. The average Bonchev–Trinajstić information content (AvgIpc) is 2.67. The topological polar surface area (TPSA) is 59.6 Å². The van der Waals surface area contributed by atoms with Crippen molar-refractivity contribution in [1.82, 2.24) is 5.32 Å². The maximum atomic E-state index is 12.4. The highest BCUT2D eigenvalue weighted by Gasteiger charge is 2.14. The van der Waals surface area contributed by atoms with Crippen molar-refractivity contribution in [3.63, 3.8) is 0 Å². The molecule has 5 nitrogen and oxygen atoms in total. The van der Waals surface area contributed by atoms with Crippen LogP contribution >= 0.6 is 0 Å². The van der Waals surface area contributed by atoms with Gasteiger partial charge >= 0.3 is 6.03 Å². The van der Waals surface area contributed by atoms with E-state index < -0.39 is 0 Å².